The summed E-state index contributed by atoms with van der Waals surface area (Å²) in [6.07, 6.45) is 0. The number of nitrogens with zero attached hydrogens (tertiary/aromatic N) is 1. The van der Waals surface area contributed by atoms with Gasteiger partial charge in [-0.25, -0.2) is 8.42 Å². The Morgan fingerprint density at radius 1 is 1.50 bits per heavy atom. The van der Waals surface area contributed by atoms with Crippen molar-refractivity contribution in [2.75, 3.05) is 19.7 Å². The number of ether oxygens (including phenoxy) is 1. The molecule has 0 atom stereocenters. The van der Waals surface area contributed by atoms with E-state index in [9.17, 15) is 13.2 Å². The Balaban J connectivity index is 3.04. The fourth-order valence-corrected chi connectivity index (χ4v) is 5.58. The van der Waals surface area contributed by atoms with E-state index in [-0.39, 0.29) is 29.8 Å². The number of rotatable bonds is 7. The molecule has 0 aliphatic rings. The molecule has 0 spiro atoms. The normalized spacial score (nSPS) is 12.1. The fourth-order valence-electron chi connectivity index (χ4n) is 1.59. The van der Waals surface area contributed by atoms with Crippen molar-refractivity contribution in [1.82, 2.24) is 4.31 Å². The highest BCUT2D eigenvalue weighted by Crippen LogP contribution is 2.30. The maximum atomic E-state index is 12.6. The molecule has 1 rings (SSSR count). The second-order valence-corrected chi connectivity index (χ2v) is 8.46. The second-order valence-electron chi connectivity index (χ2n) is 4.55. The van der Waals surface area contributed by atoms with Crippen LogP contribution in [0.2, 0.25) is 0 Å². The molecule has 0 N–H and O–H groups in total. The van der Waals surface area contributed by atoms with Crippen molar-refractivity contribution in [2.45, 2.75) is 25.0 Å². The zero-order chi connectivity index (χ0) is 15.3. The average molecular weight is 384 g/mol. The zero-order valence-corrected chi connectivity index (χ0v) is 14.8. The van der Waals surface area contributed by atoms with Gasteiger partial charge < -0.3 is 4.74 Å². The number of esters is 1. The third kappa shape index (κ3) is 4.54. The summed E-state index contributed by atoms with van der Waals surface area (Å²) in [6.45, 7) is 5.73. The van der Waals surface area contributed by atoms with Crippen LogP contribution < -0.4 is 0 Å². The van der Waals surface area contributed by atoms with Gasteiger partial charge in [-0.05, 0) is 40.2 Å². The summed E-state index contributed by atoms with van der Waals surface area (Å²) in [5, 5.41) is 1.69. The van der Waals surface area contributed by atoms with Crippen LogP contribution >= 0.6 is 27.3 Å². The van der Waals surface area contributed by atoms with Crippen molar-refractivity contribution in [2.24, 2.45) is 5.92 Å². The maximum Gasteiger partial charge on any atom is 0.321 e. The molecular formula is C12H18BrNO4S2. The summed E-state index contributed by atoms with van der Waals surface area (Å²) in [4.78, 5) is 11.6. The lowest BCUT2D eigenvalue weighted by molar-refractivity contribution is -0.143. The molecule has 0 bridgehead atoms. The summed E-state index contributed by atoms with van der Waals surface area (Å²) in [6, 6.07) is 1.68. The van der Waals surface area contributed by atoms with Gasteiger partial charge in [-0.15, -0.1) is 11.3 Å². The molecule has 20 heavy (non-hydrogen) atoms. The molecule has 0 fully saturated rings. The number of hydrogen-bond acceptors (Lipinski definition) is 5. The van der Waals surface area contributed by atoms with E-state index in [1.54, 1.807) is 18.4 Å². The Kier molecular flexibility index (Phi) is 6.63. The summed E-state index contributed by atoms with van der Waals surface area (Å²) in [5.41, 5.74) is 0. The summed E-state index contributed by atoms with van der Waals surface area (Å²) in [5.74, 6) is -0.428. The monoisotopic (exact) mass is 383 g/mol. The number of carbonyl (C=O) groups is 1. The van der Waals surface area contributed by atoms with Crippen LogP contribution in [-0.2, 0) is 19.6 Å². The number of thiophene rings is 1. The molecule has 0 aliphatic carbocycles. The van der Waals surface area contributed by atoms with Crippen LogP contribution in [0.5, 0.6) is 0 Å². The Hall–Kier alpha value is -0.440. The average Bonchev–Trinajstić information content (AvgIpc) is 2.75. The minimum Gasteiger partial charge on any atom is -0.465 e. The van der Waals surface area contributed by atoms with Gasteiger partial charge in [0, 0.05) is 11.0 Å². The Labute approximate surface area is 132 Å². The van der Waals surface area contributed by atoms with Gasteiger partial charge in [0.2, 0.25) is 0 Å². The molecule has 0 saturated heterocycles. The molecule has 8 heteroatoms. The molecule has 0 aromatic carbocycles. The van der Waals surface area contributed by atoms with Crippen LogP contribution in [0.4, 0.5) is 0 Å². The quantitative estimate of drug-likeness (QED) is 0.679. The van der Waals surface area contributed by atoms with Gasteiger partial charge in [-0.3, -0.25) is 4.79 Å². The van der Waals surface area contributed by atoms with Gasteiger partial charge in [0.15, 0.2) is 0 Å². The van der Waals surface area contributed by atoms with Gasteiger partial charge in [0.25, 0.3) is 10.0 Å². The van der Waals surface area contributed by atoms with Gasteiger partial charge in [-0.1, -0.05) is 13.8 Å². The molecule has 0 saturated carbocycles. The highest BCUT2D eigenvalue weighted by molar-refractivity contribution is 9.10. The zero-order valence-electron chi connectivity index (χ0n) is 11.6. The van der Waals surface area contributed by atoms with Gasteiger partial charge in [0.1, 0.15) is 10.8 Å². The van der Waals surface area contributed by atoms with Crippen molar-refractivity contribution in [3.05, 3.63) is 15.9 Å². The molecule has 1 heterocycles. The third-order valence-electron chi connectivity index (χ3n) is 2.34. The van der Waals surface area contributed by atoms with Crippen molar-refractivity contribution >= 4 is 43.3 Å². The number of halogens is 1. The van der Waals surface area contributed by atoms with E-state index in [2.05, 4.69) is 15.9 Å². The van der Waals surface area contributed by atoms with E-state index in [1.165, 1.54) is 4.31 Å². The van der Waals surface area contributed by atoms with Gasteiger partial charge in [0.05, 0.1) is 6.61 Å². The van der Waals surface area contributed by atoms with Crippen molar-refractivity contribution in [3.63, 3.8) is 0 Å². The van der Waals surface area contributed by atoms with Gasteiger partial charge in [-0.2, -0.15) is 4.31 Å². The Morgan fingerprint density at radius 2 is 2.15 bits per heavy atom. The molecule has 0 aliphatic heterocycles. The van der Waals surface area contributed by atoms with E-state index in [0.717, 1.165) is 11.3 Å². The van der Waals surface area contributed by atoms with Crippen molar-refractivity contribution in [1.29, 1.82) is 0 Å². The molecular weight excluding hydrogens is 366 g/mol. The molecule has 114 valence electrons. The molecule has 1 aromatic rings. The van der Waals surface area contributed by atoms with Gasteiger partial charge >= 0.3 is 5.97 Å². The first-order chi connectivity index (χ1) is 9.28. The lowest BCUT2D eigenvalue weighted by Crippen LogP contribution is -2.38. The molecule has 0 radical (unpaired) electrons. The standard InChI is InChI=1S/C12H18BrNO4S2/c1-4-18-11(15)8-14(7-9(2)3)20(16,17)12-10(13)5-6-19-12/h5-6,9H,4,7-8H2,1-3H3. The van der Waals surface area contributed by atoms with E-state index in [1.807, 2.05) is 13.8 Å². The molecule has 0 unspecified atom stereocenters. The predicted octanol–water partition coefficient (Wildman–Crippen LogP) is 2.72. The predicted molar refractivity (Wildman–Crippen MR) is 82.2 cm³/mol. The van der Waals surface area contributed by atoms with E-state index >= 15 is 0 Å². The van der Waals surface area contributed by atoms with Crippen LogP contribution in [0.3, 0.4) is 0 Å². The Morgan fingerprint density at radius 3 is 2.60 bits per heavy atom. The smallest absolute Gasteiger partial charge is 0.321 e. The first kappa shape index (κ1) is 17.6. The SMILES string of the molecule is CCOC(=O)CN(CC(C)C)S(=O)(=O)c1sccc1Br. The van der Waals surface area contributed by atoms with Crippen molar-refractivity contribution < 1.29 is 17.9 Å². The minimum atomic E-state index is -3.69. The highest BCUT2D eigenvalue weighted by atomic mass is 79.9. The molecule has 0 amide bonds. The lowest BCUT2D eigenvalue weighted by Gasteiger charge is -2.22. The van der Waals surface area contributed by atoms with Crippen LogP contribution in [0.25, 0.3) is 0 Å². The molecule has 5 nitrogen and oxygen atoms in total. The largest absolute Gasteiger partial charge is 0.465 e. The number of carbonyl (C=O) groups excluding carboxylic acids is 1. The molecule has 1 aromatic heterocycles. The second kappa shape index (κ2) is 7.53. The first-order valence-electron chi connectivity index (χ1n) is 6.17. The first-order valence-corrected chi connectivity index (χ1v) is 9.29. The topological polar surface area (TPSA) is 63.7 Å². The fraction of sp³-hybridized carbons (Fsp3) is 0.583. The van der Waals surface area contributed by atoms with Crippen LogP contribution in [0.1, 0.15) is 20.8 Å². The summed E-state index contributed by atoms with van der Waals surface area (Å²) in [7, 11) is -3.69. The highest BCUT2D eigenvalue weighted by Gasteiger charge is 2.30. The Bertz CT molecular complexity index is 554. The summed E-state index contributed by atoms with van der Waals surface area (Å²) >= 11 is 4.35. The number of sulfonamides is 1. The van der Waals surface area contributed by atoms with Crippen LogP contribution in [0.15, 0.2) is 20.1 Å². The summed E-state index contributed by atoms with van der Waals surface area (Å²) < 4.78 is 31.9. The lowest BCUT2D eigenvalue weighted by atomic mass is 10.2. The van der Waals surface area contributed by atoms with Crippen LogP contribution in [0, 0.1) is 5.92 Å². The van der Waals surface area contributed by atoms with Crippen molar-refractivity contribution in [3.8, 4) is 0 Å². The van der Waals surface area contributed by atoms with Crippen LogP contribution in [-0.4, -0.2) is 38.4 Å². The van der Waals surface area contributed by atoms with E-state index < -0.39 is 16.0 Å². The third-order valence-corrected chi connectivity index (χ3v) is 6.80. The van der Waals surface area contributed by atoms with E-state index in [0.29, 0.717) is 4.47 Å². The maximum absolute atomic E-state index is 12.6. The number of hydrogen-bond donors (Lipinski definition) is 0. The minimum absolute atomic E-state index is 0.109. The van der Waals surface area contributed by atoms with E-state index in [4.69, 9.17) is 4.74 Å².